The number of piperazine rings is 1. The second-order valence-electron chi connectivity index (χ2n) is 10.9. The van der Waals surface area contributed by atoms with Crippen molar-refractivity contribution in [3.63, 3.8) is 0 Å². The Morgan fingerprint density at radius 1 is 1.02 bits per heavy atom. The number of piperidine rings is 1. The highest BCUT2D eigenvalue weighted by Gasteiger charge is 2.34. The van der Waals surface area contributed by atoms with Gasteiger partial charge in [0.25, 0.3) is 5.91 Å². The number of anilines is 3. The predicted octanol–water partition coefficient (Wildman–Crippen LogP) is 5.00. The van der Waals surface area contributed by atoms with Crippen LogP contribution in [0.5, 0.6) is 5.75 Å². The Balaban J connectivity index is 1.24. The van der Waals surface area contributed by atoms with Crippen molar-refractivity contribution in [2.75, 3.05) is 54.4 Å². The number of pyridine rings is 1. The van der Waals surface area contributed by atoms with Gasteiger partial charge in [0.05, 0.1) is 18.3 Å². The third kappa shape index (κ3) is 6.73. The summed E-state index contributed by atoms with van der Waals surface area (Å²) in [5, 5.41) is 13.7. The molecule has 0 bridgehead atoms. The molecular weight excluding hydrogens is 547 g/mol. The number of para-hydroxylation sites is 2. The molecule has 2 fully saturated rings. The number of aryl methyl sites for hydroxylation is 2. The van der Waals surface area contributed by atoms with Gasteiger partial charge in [-0.2, -0.15) is 0 Å². The number of carbonyl (C=O) groups is 1. The molecule has 11 heteroatoms. The number of halogens is 3. The molecule has 2 aromatic carbocycles. The first-order valence-corrected chi connectivity index (χ1v) is 14.2. The molecule has 1 aromatic heterocycles. The molecular formula is C31H36F3N5O3. The third-order valence-corrected chi connectivity index (χ3v) is 8.01. The van der Waals surface area contributed by atoms with Gasteiger partial charge in [-0.05, 0) is 68.1 Å². The zero-order chi connectivity index (χ0) is 29.9. The van der Waals surface area contributed by atoms with Crippen molar-refractivity contribution in [3.8, 4) is 5.75 Å². The first-order valence-electron chi connectivity index (χ1n) is 14.2. The van der Waals surface area contributed by atoms with Gasteiger partial charge in [0.2, 0.25) is 0 Å². The Labute approximate surface area is 243 Å². The Kier molecular flexibility index (Phi) is 8.77. The van der Waals surface area contributed by atoms with E-state index in [4.69, 9.17) is 0 Å². The van der Waals surface area contributed by atoms with Crippen molar-refractivity contribution < 1.29 is 27.8 Å². The van der Waals surface area contributed by atoms with Crippen LogP contribution in [0.2, 0.25) is 0 Å². The highest BCUT2D eigenvalue weighted by molar-refractivity contribution is 5.97. The predicted molar refractivity (Wildman–Crippen MR) is 156 cm³/mol. The molecule has 1 amide bonds. The van der Waals surface area contributed by atoms with Crippen LogP contribution < -0.4 is 19.9 Å². The van der Waals surface area contributed by atoms with Gasteiger partial charge >= 0.3 is 6.36 Å². The van der Waals surface area contributed by atoms with Crippen LogP contribution >= 0.6 is 0 Å². The van der Waals surface area contributed by atoms with Crippen molar-refractivity contribution in [3.05, 3.63) is 77.5 Å². The fourth-order valence-electron chi connectivity index (χ4n) is 5.84. The second kappa shape index (κ2) is 12.5. The van der Waals surface area contributed by atoms with Crippen LogP contribution in [0, 0.1) is 13.8 Å². The number of benzene rings is 2. The van der Waals surface area contributed by atoms with Crippen LogP contribution in [-0.2, 0) is 0 Å². The lowest BCUT2D eigenvalue weighted by atomic mass is 9.99. The molecule has 2 N–H and O–H groups in total. The van der Waals surface area contributed by atoms with Gasteiger partial charge in [-0.25, -0.2) is 4.98 Å². The number of carbonyl (C=O) groups excluding carboxylic acids is 1. The number of hydrogen-bond donors (Lipinski definition) is 2. The van der Waals surface area contributed by atoms with E-state index in [0.717, 1.165) is 22.6 Å². The molecule has 2 aliphatic rings. The minimum absolute atomic E-state index is 0.0780. The molecule has 224 valence electrons. The smallest absolute Gasteiger partial charge is 0.404 e. The summed E-state index contributed by atoms with van der Waals surface area (Å²) in [5.41, 5.74) is 3.81. The number of alkyl halides is 3. The Bertz CT molecular complexity index is 1380. The van der Waals surface area contributed by atoms with E-state index in [9.17, 15) is 23.1 Å². The van der Waals surface area contributed by atoms with Crippen molar-refractivity contribution in [2.45, 2.75) is 45.1 Å². The number of ether oxygens (including phenoxy) is 1. The molecule has 42 heavy (non-hydrogen) atoms. The molecule has 2 aliphatic heterocycles. The summed E-state index contributed by atoms with van der Waals surface area (Å²) >= 11 is 0. The minimum Gasteiger partial charge on any atom is -0.404 e. The third-order valence-electron chi connectivity index (χ3n) is 8.01. The fourth-order valence-corrected chi connectivity index (χ4v) is 5.84. The topological polar surface area (TPSA) is 81.2 Å². The van der Waals surface area contributed by atoms with Crippen LogP contribution in [-0.4, -0.2) is 78.7 Å². The molecule has 0 aliphatic carbocycles. The largest absolute Gasteiger partial charge is 0.573 e. The van der Waals surface area contributed by atoms with Crippen LogP contribution in [0.3, 0.4) is 0 Å². The van der Waals surface area contributed by atoms with Crippen LogP contribution in [0.15, 0.2) is 60.8 Å². The molecule has 1 atom stereocenters. The first kappa shape index (κ1) is 29.5. The highest BCUT2D eigenvalue weighted by Crippen LogP contribution is 2.35. The highest BCUT2D eigenvalue weighted by atomic mass is 19.4. The molecule has 0 radical (unpaired) electrons. The van der Waals surface area contributed by atoms with Crippen LogP contribution in [0.4, 0.5) is 30.4 Å². The zero-order valence-corrected chi connectivity index (χ0v) is 23.8. The zero-order valence-electron chi connectivity index (χ0n) is 23.8. The summed E-state index contributed by atoms with van der Waals surface area (Å²) in [7, 11) is 0. The molecule has 0 saturated carbocycles. The summed E-state index contributed by atoms with van der Waals surface area (Å²) in [5.74, 6) is 0.507. The maximum atomic E-state index is 13.7. The summed E-state index contributed by atoms with van der Waals surface area (Å²) < 4.78 is 42.9. The number of aromatic nitrogens is 1. The normalized spacial score (nSPS) is 18.2. The Hall–Kier alpha value is -3.99. The lowest BCUT2D eigenvalue weighted by Crippen LogP contribution is -2.56. The standard InChI is InChI=1S/C31H36F3N5O3/c1-21-17-22(2)26(36-23-10-13-37(14-11-23)27-7-3-4-8-28(27)42-31(32,33)34)18-25(21)30(41)38-15-16-39(24(19-38)20-40)29-9-5-6-12-35-29/h3-9,12,17-18,23-24,36,40H,10-11,13-16,19-20H2,1-2H3. The first-order chi connectivity index (χ1) is 20.1. The summed E-state index contributed by atoms with van der Waals surface area (Å²) in [6.07, 6.45) is -1.61. The average Bonchev–Trinajstić information content (AvgIpc) is 2.98. The lowest BCUT2D eigenvalue weighted by molar-refractivity contribution is -0.274. The lowest BCUT2D eigenvalue weighted by Gasteiger charge is -2.41. The summed E-state index contributed by atoms with van der Waals surface area (Å²) in [6, 6.07) is 15.6. The maximum Gasteiger partial charge on any atom is 0.573 e. The van der Waals surface area contributed by atoms with Gasteiger partial charge in [0, 0.05) is 56.2 Å². The number of amides is 1. The summed E-state index contributed by atoms with van der Waals surface area (Å²) in [4.78, 5) is 23.9. The molecule has 8 nitrogen and oxygen atoms in total. The van der Waals surface area contributed by atoms with E-state index in [1.54, 1.807) is 23.2 Å². The van der Waals surface area contributed by atoms with E-state index >= 15 is 0 Å². The number of nitrogens with one attached hydrogen (secondary N) is 1. The number of rotatable bonds is 7. The van der Waals surface area contributed by atoms with Crippen LogP contribution in [0.25, 0.3) is 0 Å². The molecule has 0 spiro atoms. The second-order valence-corrected chi connectivity index (χ2v) is 10.9. The molecule has 2 saturated heterocycles. The molecule has 1 unspecified atom stereocenters. The van der Waals surface area contributed by atoms with Gasteiger partial charge in [-0.15, -0.1) is 13.2 Å². The van der Waals surface area contributed by atoms with E-state index in [1.807, 2.05) is 54.0 Å². The van der Waals surface area contributed by atoms with Gasteiger partial charge < -0.3 is 29.9 Å². The van der Waals surface area contributed by atoms with E-state index in [-0.39, 0.29) is 30.3 Å². The SMILES string of the molecule is Cc1cc(C)c(C(=O)N2CCN(c3ccccn3)C(CO)C2)cc1NC1CCN(c2ccccc2OC(F)(F)F)CC1. The van der Waals surface area contributed by atoms with E-state index in [0.29, 0.717) is 56.8 Å². The van der Waals surface area contributed by atoms with E-state index in [1.165, 1.54) is 12.1 Å². The van der Waals surface area contributed by atoms with Crippen molar-refractivity contribution in [1.29, 1.82) is 0 Å². The molecule has 3 aromatic rings. The maximum absolute atomic E-state index is 13.7. The van der Waals surface area contributed by atoms with Gasteiger partial charge in [0.15, 0.2) is 5.75 Å². The quantitative estimate of drug-likeness (QED) is 0.405. The molecule has 3 heterocycles. The summed E-state index contributed by atoms with van der Waals surface area (Å²) in [6.45, 7) is 6.43. The Morgan fingerprint density at radius 3 is 2.45 bits per heavy atom. The monoisotopic (exact) mass is 583 g/mol. The fraction of sp³-hybridized carbons (Fsp3) is 0.419. The van der Waals surface area contributed by atoms with Crippen molar-refractivity contribution in [2.24, 2.45) is 0 Å². The van der Waals surface area contributed by atoms with Crippen molar-refractivity contribution >= 4 is 23.1 Å². The van der Waals surface area contributed by atoms with E-state index in [2.05, 4.69) is 15.0 Å². The van der Waals surface area contributed by atoms with Gasteiger partial charge in [-0.1, -0.05) is 24.3 Å². The van der Waals surface area contributed by atoms with Gasteiger partial charge in [0.1, 0.15) is 5.82 Å². The average molecular weight is 584 g/mol. The number of aliphatic hydroxyl groups excluding tert-OH is 1. The van der Waals surface area contributed by atoms with Gasteiger partial charge in [-0.3, -0.25) is 4.79 Å². The molecule has 5 rings (SSSR count). The number of hydrogen-bond acceptors (Lipinski definition) is 7. The number of nitrogens with zero attached hydrogens (tertiary/aromatic N) is 4. The van der Waals surface area contributed by atoms with Crippen LogP contribution in [0.1, 0.15) is 34.3 Å². The Morgan fingerprint density at radius 2 is 1.76 bits per heavy atom. The van der Waals surface area contributed by atoms with Crippen molar-refractivity contribution in [1.82, 2.24) is 9.88 Å². The minimum atomic E-state index is -4.75. The van der Waals surface area contributed by atoms with E-state index < -0.39 is 6.36 Å². The number of aliphatic hydroxyl groups is 1.